The number of nitrogens with two attached hydrogens (primary N) is 1. The van der Waals surface area contributed by atoms with Gasteiger partial charge in [0.15, 0.2) is 5.65 Å². The van der Waals surface area contributed by atoms with Gasteiger partial charge in [-0.2, -0.15) is 5.10 Å². The molecule has 7 nitrogen and oxygen atoms in total. The normalized spacial score (nSPS) is 12.3. The number of hydrogen-bond acceptors (Lipinski definition) is 5. The van der Waals surface area contributed by atoms with Gasteiger partial charge in [0.1, 0.15) is 5.82 Å². The molecule has 7 heteroatoms. The van der Waals surface area contributed by atoms with Gasteiger partial charge in [-0.25, -0.2) is 14.3 Å². The van der Waals surface area contributed by atoms with E-state index in [1.165, 1.54) is 0 Å². The van der Waals surface area contributed by atoms with Crippen LogP contribution in [0.3, 0.4) is 0 Å². The molecule has 96 valence electrons. The highest BCUT2D eigenvalue weighted by Gasteiger charge is 2.05. The second-order valence-corrected chi connectivity index (χ2v) is 4.06. The molecule has 2 rings (SSSR count). The lowest BCUT2D eigenvalue weighted by molar-refractivity contribution is 0.142. The lowest BCUT2D eigenvalue weighted by Crippen LogP contribution is -2.22. The van der Waals surface area contributed by atoms with E-state index in [9.17, 15) is 4.79 Å². The van der Waals surface area contributed by atoms with E-state index >= 15 is 0 Å². The first-order chi connectivity index (χ1) is 8.65. The van der Waals surface area contributed by atoms with E-state index in [1.807, 2.05) is 25.3 Å². The van der Waals surface area contributed by atoms with Crippen molar-refractivity contribution in [3.05, 3.63) is 24.5 Å². The summed E-state index contributed by atoms with van der Waals surface area (Å²) in [7, 11) is 0. The summed E-state index contributed by atoms with van der Waals surface area (Å²) in [6, 6.07) is 3.66. The Kier molecular flexibility index (Phi) is 3.61. The number of fused-ring (bicyclic) bond motifs is 1. The van der Waals surface area contributed by atoms with Gasteiger partial charge in [0.25, 0.3) is 0 Å². The van der Waals surface area contributed by atoms with Gasteiger partial charge >= 0.3 is 6.09 Å². The van der Waals surface area contributed by atoms with Gasteiger partial charge in [0.2, 0.25) is 0 Å². The highest BCUT2D eigenvalue weighted by Crippen LogP contribution is 2.07. The number of nitrogens with zero attached hydrogens (tertiary/aromatic N) is 3. The number of hydrogen-bond donors (Lipinski definition) is 2. The van der Waals surface area contributed by atoms with Crippen molar-refractivity contribution in [3.8, 4) is 0 Å². The Morgan fingerprint density at radius 1 is 1.61 bits per heavy atom. The molecule has 0 saturated carbocycles. The van der Waals surface area contributed by atoms with E-state index in [2.05, 4.69) is 15.4 Å². The van der Waals surface area contributed by atoms with Crippen LogP contribution in [-0.2, 0) is 4.74 Å². The second kappa shape index (κ2) is 5.35. The Bertz CT molecular complexity index is 539. The largest absolute Gasteiger partial charge is 0.449 e. The molecule has 18 heavy (non-hydrogen) atoms. The molecule has 0 bridgehead atoms. The summed E-state index contributed by atoms with van der Waals surface area (Å²) >= 11 is 0. The van der Waals surface area contributed by atoms with Gasteiger partial charge in [0, 0.05) is 24.7 Å². The standard InChI is InChI=1S/C11H15N5O2/c1-8(7-18-11(12)17)6-13-9-3-5-16-10(15-9)2-4-14-16/h2-5,8H,6-7H2,1H3,(H2,12,17)(H,13,15). The van der Waals surface area contributed by atoms with Crippen LogP contribution in [0.4, 0.5) is 10.6 Å². The molecule has 2 heterocycles. The van der Waals surface area contributed by atoms with Gasteiger partial charge in [-0.15, -0.1) is 0 Å². The van der Waals surface area contributed by atoms with E-state index in [-0.39, 0.29) is 12.5 Å². The molecule has 0 spiro atoms. The van der Waals surface area contributed by atoms with Crippen LogP contribution in [0, 0.1) is 5.92 Å². The lowest BCUT2D eigenvalue weighted by atomic mass is 10.2. The third-order valence-electron chi connectivity index (χ3n) is 2.40. The quantitative estimate of drug-likeness (QED) is 0.820. The summed E-state index contributed by atoms with van der Waals surface area (Å²) in [6.07, 6.45) is 2.77. The Balaban J connectivity index is 1.87. The Morgan fingerprint density at radius 2 is 2.44 bits per heavy atom. The van der Waals surface area contributed by atoms with E-state index < -0.39 is 6.09 Å². The zero-order valence-electron chi connectivity index (χ0n) is 10.0. The molecule has 0 aliphatic carbocycles. The maximum Gasteiger partial charge on any atom is 0.404 e. The fraction of sp³-hybridized carbons (Fsp3) is 0.364. The molecular formula is C11H15N5O2. The van der Waals surface area contributed by atoms with Gasteiger partial charge in [-0.3, -0.25) is 0 Å². The van der Waals surface area contributed by atoms with E-state index in [1.54, 1.807) is 10.7 Å². The molecule has 0 aliphatic rings. The number of anilines is 1. The number of amides is 1. The summed E-state index contributed by atoms with van der Waals surface area (Å²) in [5, 5.41) is 7.22. The zero-order chi connectivity index (χ0) is 13.0. The predicted molar refractivity (Wildman–Crippen MR) is 66.2 cm³/mol. The molecule has 2 aromatic rings. The van der Waals surface area contributed by atoms with Crippen LogP contribution in [-0.4, -0.2) is 33.8 Å². The molecule has 0 fully saturated rings. The summed E-state index contributed by atoms with van der Waals surface area (Å²) in [6.45, 7) is 2.88. The minimum Gasteiger partial charge on any atom is -0.449 e. The van der Waals surface area contributed by atoms with Crippen LogP contribution in [0.5, 0.6) is 0 Å². The third-order valence-corrected chi connectivity index (χ3v) is 2.40. The van der Waals surface area contributed by atoms with Crippen molar-refractivity contribution in [2.45, 2.75) is 6.92 Å². The Labute approximate surface area is 104 Å². The number of primary amides is 1. The number of carbonyl (C=O) groups excluding carboxylic acids is 1. The fourth-order valence-electron chi connectivity index (χ4n) is 1.47. The van der Waals surface area contributed by atoms with Gasteiger partial charge in [0.05, 0.1) is 12.8 Å². The van der Waals surface area contributed by atoms with Crippen molar-refractivity contribution < 1.29 is 9.53 Å². The summed E-state index contributed by atoms with van der Waals surface area (Å²) < 4.78 is 6.40. The maximum absolute atomic E-state index is 10.5. The van der Waals surface area contributed by atoms with Crippen LogP contribution < -0.4 is 11.1 Å². The van der Waals surface area contributed by atoms with Gasteiger partial charge in [-0.1, -0.05) is 6.92 Å². The van der Waals surface area contributed by atoms with Crippen LogP contribution >= 0.6 is 0 Å². The summed E-state index contributed by atoms with van der Waals surface area (Å²) in [5.41, 5.74) is 5.67. The molecule has 1 atom stereocenters. The van der Waals surface area contributed by atoms with Crippen LogP contribution in [0.25, 0.3) is 5.65 Å². The average Bonchev–Trinajstić information content (AvgIpc) is 2.81. The number of nitrogens with one attached hydrogen (secondary N) is 1. The average molecular weight is 249 g/mol. The van der Waals surface area contributed by atoms with Crippen molar-refractivity contribution in [1.82, 2.24) is 14.6 Å². The number of rotatable bonds is 5. The van der Waals surface area contributed by atoms with Crippen molar-refractivity contribution in [2.75, 3.05) is 18.5 Å². The lowest BCUT2D eigenvalue weighted by Gasteiger charge is -2.12. The van der Waals surface area contributed by atoms with Crippen molar-refractivity contribution in [2.24, 2.45) is 11.7 Å². The highest BCUT2D eigenvalue weighted by molar-refractivity contribution is 5.64. The topological polar surface area (TPSA) is 94.5 Å². The third kappa shape index (κ3) is 3.09. The Hall–Kier alpha value is -2.31. The van der Waals surface area contributed by atoms with Crippen LogP contribution in [0.1, 0.15) is 6.92 Å². The maximum atomic E-state index is 10.5. The fourth-order valence-corrected chi connectivity index (χ4v) is 1.47. The minimum atomic E-state index is -0.749. The SMILES string of the molecule is CC(CNc1ccn2nccc2n1)COC(N)=O. The molecule has 2 aromatic heterocycles. The molecule has 0 aromatic carbocycles. The van der Waals surface area contributed by atoms with Gasteiger partial charge < -0.3 is 15.8 Å². The molecule has 1 unspecified atom stereocenters. The molecule has 0 aliphatic heterocycles. The zero-order valence-corrected chi connectivity index (χ0v) is 10.0. The van der Waals surface area contributed by atoms with Crippen molar-refractivity contribution >= 4 is 17.6 Å². The first kappa shape index (κ1) is 12.2. The van der Waals surface area contributed by atoms with Crippen LogP contribution in [0.2, 0.25) is 0 Å². The Morgan fingerprint density at radius 3 is 3.22 bits per heavy atom. The summed E-state index contributed by atoms with van der Waals surface area (Å²) in [5.74, 6) is 0.911. The van der Waals surface area contributed by atoms with Crippen molar-refractivity contribution in [3.63, 3.8) is 0 Å². The molecule has 3 N–H and O–H groups in total. The monoisotopic (exact) mass is 249 g/mol. The molecular weight excluding hydrogens is 234 g/mol. The second-order valence-electron chi connectivity index (χ2n) is 4.06. The summed E-state index contributed by atoms with van der Waals surface area (Å²) in [4.78, 5) is 14.8. The number of ether oxygens (including phenoxy) is 1. The first-order valence-corrected chi connectivity index (χ1v) is 5.61. The number of aromatic nitrogens is 3. The highest BCUT2D eigenvalue weighted by atomic mass is 16.5. The van der Waals surface area contributed by atoms with Gasteiger partial charge in [-0.05, 0) is 6.07 Å². The minimum absolute atomic E-state index is 0.153. The van der Waals surface area contributed by atoms with E-state index in [0.29, 0.717) is 6.54 Å². The van der Waals surface area contributed by atoms with Crippen LogP contribution in [0.15, 0.2) is 24.5 Å². The predicted octanol–water partition coefficient (Wildman–Crippen LogP) is 0.873. The molecule has 1 amide bonds. The smallest absolute Gasteiger partial charge is 0.404 e. The van der Waals surface area contributed by atoms with Crippen molar-refractivity contribution in [1.29, 1.82) is 0 Å². The van der Waals surface area contributed by atoms with E-state index in [4.69, 9.17) is 10.5 Å². The van der Waals surface area contributed by atoms with E-state index in [0.717, 1.165) is 11.5 Å². The number of carbonyl (C=O) groups is 1. The molecule has 0 saturated heterocycles. The molecule has 0 radical (unpaired) electrons. The first-order valence-electron chi connectivity index (χ1n) is 5.61.